The van der Waals surface area contributed by atoms with E-state index in [4.69, 9.17) is 17.3 Å². The van der Waals surface area contributed by atoms with Crippen LogP contribution >= 0.6 is 22.9 Å². The SMILES string of the molecule is CC(C)[Si](c1sc(-c2cc(N)ccc2C(F)(F)F)cc1Cl)(C(C)C)C(C)C. The summed E-state index contributed by atoms with van der Waals surface area (Å²) in [5, 5.41) is 0.591. The molecule has 7 heteroatoms. The van der Waals surface area contributed by atoms with Gasteiger partial charge in [-0.05, 0) is 40.9 Å². The zero-order valence-electron chi connectivity index (χ0n) is 16.5. The van der Waals surface area contributed by atoms with Crippen LogP contribution in [0.15, 0.2) is 24.3 Å². The minimum absolute atomic E-state index is 0.111. The minimum Gasteiger partial charge on any atom is -0.399 e. The summed E-state index contributed by atoms with van der Waals surface area (Å²) < 4.78 is 41.7. The lowest BCUT2D eigenvalue weighted by Crippen LogP contribution is -2.54. The minimum atomic E-state index is -4.44. The number of anilines is 1. The normalized spacial score (nSPS) is 13.2. The smallest absolute Gasteiger partial charge is 0.399 e. The number of nitrogen functional groups attached to an aromatic ring is 1. The first-order chi connectivity index (χ1) is 12.3. The van der Waals surface area contributed by atoms with E-state index >= 15 is 0 Å². The maximum atomic E-state index is 13.5. The first-order valence-electron chi connectivity index (χ1n) is 9.10. The van der Waals surface area contributed by atoms with Crippen LogP contribution in [0.3, 0.4) is 0 Å². The van der Waals surface area contributed by atoms with Crippen LogP contribution in [-0.2, 0) is 6.18 Å². The number of hydrogen-bond donors (Lipinski definition) is 1. The fraction of sp³-hybridized carbons (Fsp3) is 0.500. The van der Waals surface area contributed by atoms with Gasteiger partial charge in [0.1, 0.15) is 8.07 Å². The molecular formula is C20H27ClF3NSSi. The molecule has 0 saturated carbocycles. The summed E-state index contributed by atoms with van der Waals surface area (Å²) in [4.78, 5) is 0.536. The Morgan fingerprint density at radius 3 is 1.93 bits per heavy atom. The Hall–Kier alpha value is -0.983. The Kier molecular flexibility index (Phi) is 6.44. The molecule has 150 valence electrons. The molecule has 0 radical (unpaired) electrons. The van der Waals surface area contributed by atoms with E-state index in [1.807, 2.05) is 0 Å². The lowest BCUT2D eigenvalue weighted by molar-refractivity contribution is -0.137. The average molecular weight is 434 g/mol. The zero-order chi connectivity index (χ0) is 20.7. The van der Waals surface area contributed by atoms with Gasteiger partial charge in [0.05, 0.1) is 10.6 Å². The summed E-state index contributed by atoms with van der Waals surface area (Å²) in [5.41, 5.74) is 6.81. The van der Waals surface area contributed by atoms with Gasteiger partial charge in [-0.2, -0.15) is 13.2 Å². The van der Waals surface area contributed by atoms with E-state index in [1.54, 1.807) is 6.07 Å². The second-order valence-corrected chi connectivity index (χ2v) is 15.6. The highest BCUT2D eigenvalue weighted by Crippen LogP contribution is 2.47. The van der Waals surface area contributed by atoms with Crippen LogP contribution in [0.25, 0.3) is 10.4 Å². The number of rotatable bonds is 5. The van der Waals surface area contributed by atoms with E-state index in [9.17, 15) is 13.2 Å². The van der Waals surface area contributed by atoms with Crippen LogP contribution in [0.4, 0.5) is 18.9 Å². The summed E-state index contributed by atoms with van der Waals surface area (Å²) in [5.74, 6) is 0. The number of benzene rings is 1. The third kappa shape index (κ3) is 3.94. The van der Waals surface area contributed by atoms with E-state index in [1.165, 1.54) is 23.5 Å². The molecule has 0 amide bonds. The molecule has 1 heterocycles. The maximum absolute atomic E-state index is 13.5. The molecule has 0 aliphatic carbocycles. The van der Waals surface area contributed by atoms with Gasteiger partial charge in [-0.15, -0.1) is 11.3 Å². The van der Waals surface area contributed by atoms with Crippen molar-refractivity contribution in [1.82, 2.24) is 0 Å². The molecule has 0 aliphatic rings. The predicted octanol–water partition coefficient (Wildman–Crippen LogP) is 7.56. The number of alkyl halides is 3. The Morgan fingerprint density at radius 2 is 1.48 bits per heavy atom. The van der Waals surface area contributed by atoms with Crippen molar-refractivity contribution in [3.8, 4) is 10.4 Å². The van der Waals surface area contributed by atoms with Crippen molar-refractivity contribution in [2.24, 2.45) is 0 Å². The molecule has 2 rings (SSSR count). The molecule has 0 aliphatic heterocycles. The van der Waals surface area contributed by atoms with E-state index in [2.05, 4.69) is 41.5 Å². The highest BCUT2D eigenvalue weighted by molar-refractivity contribution is 7.30. The van der Waals surface area contributed by atoms with Gasteiger partial charge in [-0.3, -0.25) is 0 Å². The second-order valence-electron chi connectivity index (χ2n) is 7.99. The van der Waals surface area contributed by atoms with Gasteiger partial charge in [0.2, 0.25) is 0 Å². The highest BCUT2D eigenvalue weighted by atomic mass is 35.5. The topological polar surface area (TPSA) is 26.0 Å². The number of nitrogens with two attached hydrogens (primary N) is 1. The van der Waals surface area contributed by atoms with E-state index in [0.29, 0.717) is 32.2 Å². The third-order valence-corrected chi connectivity index (χ3v) is 15.3. The van der Waals surface area contributed by atoms with Crippen molar-refractivity contribution in [2.45, 2.75) is 64.3 Å². The summed E-state index contributed by atoms with van der Waals surface area (Å²) in [6, 6.07) is 5.44. The predicted molar refractivity (Wildman–Crippen MR) is 115 cm³/mol. The van der Waals surface area contributed by atoms with Gasteiger partial charge in [0, 0.05) is 20.6 Å². The van der Waals surface area contributed by atoms with Crippen LogP contribution in [0.2, 0.25) is 21.6 Å². The number of thiophene rings is 1. The molecule has 27 heavy (non-hydrogen) atoms. The van der Waals surface area contributed by atoms with Crippen LogP contribution in [-0.4, -0.2) is 8.07 Å². The first-order valence-corrected chi connectivity index (χ1v) is 12.5. The van der Waals surface area contributed by atoms with Crippen LogP contribution in [0.5, 0.6) is 0 Å². The molecule has 0 unspecified atom stereocenters. The summed E-state index contributed by atoms with van der Waals surface area (Å²) in [6.45, 7) is 13.3. The van der Waals surface area contributed by atoms with E-state index in [-0.39, 0.29) is 5.56 Å². The first kappa shape index (κ1) is 22.3. The molecule has 0 bridgehead atoms. The Labute approximate surface area is 169 Å². The van der Waals surface area contributed by atoms with Crippen molar-refractivity contribution < 1.29 is 13.2 Å². The Morgan fingerprint density at radius 1 is 0.963 bits per heavy atom. The lowest BCUT2D eigenvalue weighted by Gasteiger charge is -2.42. The molecular weight excluding hydrogens is 407 g/mol. The average Bonchev–Trinajstić information content (AvgIpc) is 2.87. The van der Waals surface area contributed by atoms with Crippen molar-refractivity contribution in [3.05, 3.63) is 34.9 Å². The van der Waals surface area contributed by atoms with Crippen molar-refractivity contribution >= 4 is 41.2 Å². The third-order valence-electron chi connectivity index (χ3n) is 5.56. The lowest BCUT2D eigenvalue weighted by atomic mass is 10.0. The van der Waals surface area contributed by atoms with Gasteiger partial charge < -0.3 is 5.73 Å². The Bertz CT molecular complexity index is 790. The second kappa shape index (κ2) is 7.80. The van der Waals surface area contributed by atoms with Crippen LogP contribution in [0, 0.1) is 0 Å². The van der Waals surface area contributed by atoms with Gasteiger partial charge in [0.15, 0.2) is 0 Å². The standard InChI is InChI=1S/C20H27ClF3NSSi/c1-11(2)27(12(3)4,13(5)6)19-17(21)10-18(26-19)15-9-14(25)7-8-16(15)20(22,23)24/h7-13H,25H2,1-6H3. The van der Waals surface area contributed by atoms with Gasteiger partial charge in [-0.1, -0.05) is 53.1 Å². The molecule has 1 nitrogen and oxygen atoms in total. The van der Waals surface area contributed by atoms with E-state index < -0.39 is 19.8 Å². The fourth-order valence-electron chi connectivity index (χ4n) is 4.60. The molecule has 2 N–H and O–H groups in total. The summed E-state index contributed by atoms with van der Waals surface area (Å²) in [7, 11) is -2.06. The number of hydrogen-bond acceptors (Lipinski definition) is 2. The highest BCUT2D eigenvalue weighted by Gasteiger charge is 2.47. The van der Waals surface area contributed by atoms with Crippen LogP contribution < -0.4 is 10.2 Å². The molecule has 0 spiro atoms. The molecule has 0 saturated heterocycles. The van der Waals surface area contributed by atoms with Crippen molar-refractivity contribution in [3.63, 3.8) is 0 Å². The molecule has 2 aromatic rings. The van der Waals surface area contributed by atoms with Crippen LogP contribution in [0.1, 0.15) is 47.1 Å². The van der Waals surface area contributed by atoms with Crippen molar-refractivity contribution in [2.75, 3.05) is 5.73 Å². The Balaban J connectivity index is 2.76. The zero-order valence-corrected chi connectivity index (χ0v) is 19.1. The summed E-state index contributed by atoms with van der Waals surface area (Å²) >= 11 is 8.07. The summed E-state index contributed by atoms with van der Waals surface area (Å²) in [6.07, 6.45) is -4.44. The van der Waals surface area contributed by atoms with Gasteiger partial charge >= 0.3 is 6.18 Å². The fourth-order valence-corrected chi connectivity index (χ4v) is 15.4. The van der Waals surface area contributed by atoms with Crippen molar-refractivity contribution in [1.29, 1.82) is 0 Å². The molecule has 0 fully saturated rings. The molecule has 1 aromatic heterocycles. The van der Waals surface area contributed by atoms with Gasteiger partial charge in [0.25, 0.3) is 0 Å². The molecule has 1 aromatic carbocycles. The molecule has 0 atom stereocenters. The quantitative estimate of drug-likeness (QED) is 0.382. The monoisotopic (exact) mass is 433 g/mol. The number of halogens is 4. The maximum Gasteiger partial charge on any atom is 0.417 e. The van der Waals surface area contributed by atoms with E-state index in [0.717, 1.165) is 10.6 Å². The van der Waals surface area contributed by atoms with Gasteiger partial charge in [-0.25, -0.2) is 0 Å². The largest absolute Gasteiger partial charge is 0.417 e.